The molecular weight excluding hydrogens is 288 g/mol. The average molecular weight is 312 g/mol. The minimum atomic E-state index is 0.211. The first-order valence-electron chi connectivity index (χ1n) is 8.19. The maximum absolute atomic E-state index is 12.7. The third-order valence-electron chi connectivity index (χ3n) is 4.66. The number of ketones is 1. The topological polar surface area (TPSA) is 32.8 Å². The van der Waals surface area contributed by atoms with E-state index < -0.39 is 0 Å². The number of hydrogen-bond acceptors (Lipinski definition) is 4. The Morgan fingerprint density at radius 3 is 2.43 bits per heavy atom. The van der Waals surface area contributed by atoms with Gasteiger partial charge in [0.15, 0.2) is 5.78 Å². The molecule has 2 aromatic carbocycles. The van der Waals surface area contributed by atoms with E-state index >= 15 is 0 Å². The number of benzene rings is 2. The number of ether oxygens (including phenoxy) is 1. The van der Waals surface area contributed by atoms with Gasteiger partial charge >= 0.3 is 0 Å². The van der Waals surface area contributed by atoms with Crippen LogP contribution in [0.1, 0.15) is 16.8 Å². The van der Waals surface area contributed by atoms with Gasteiger partial charge in [-0.1, -0.05) is 24.3 Å². The summed E-state index contributed by atoms with van der Waals surface area (Å²) < 4.78 is 5.40. The van der Waals surface area contributed by atoms with Gasteiger partial charge < -0.3 is 14.5 Å². The number of Topliss-reactive ketones (excluding diaryl/α,β-unsaturated/α-hetero) is 1. The highest BCUT2D eigenvalue weighted by atomic mass is 16.5. The average Bonchev–Trinajstić information content (AvgIpc) is 2.60. The number of nitrogens with zero attached hydrogens (tertiary/aromatic N) is 2. The molecule has 0 saturated carbocycles. The van der Waals surface area contributed by atoms with Crippen molar-refractivity contribution in [3.05, 3.63) is 42.0 Å². The minimum absolute atomic E-state index is 0.211. The molecule has 1 saturated heterocycles. The molecule has 1 aliphatic heterocycles. The number of piperazine rings is 1. The summed E-state index contributed by atoms with van der Waals surface area (Å²) in [5.74, 6) is 1.03. The summed E-state index contributed by atoms with van der Waals surface area (Å²) in [6.07, 6.45) is 0.569. The van der Waals surface area contributed by atoms with E-state index in [1.165, 1.54) is 0 Å². The smallest absolute Gasteiger partial charge is 0.164 e. The van der Waals surface area contributed by atoms with Crippen LogP contribution < -0.4 is 4.74 Å². The summed E-state index contributed by atoms with van der Waals surface area (Å²) in [4.78, 5) is 17.4. The van der Waals surface area contributed by atoms with Crippen LogP contribution in [0.2, 0.25) is 0 Å². The molecule has 23 heavy (non-hydrogen) atoms. The second kappa shape index (κ2) is 7.11. The lowest BCUT2D eigenvalue weighted by Gasteiger charge is -2.32. The number of hydrogen-bond donors (Lipinski definition) is 0. The monoisotopic (exact) mass is 312 g/mol. The van der Waals surface area contributed by atoms with Gasteiger partial charge in [-0.25, -0.2) is 0 Å². The van der Waals surface area contributed by atoms with Gasteiger partial charge in [-0.2, -0.15) is 0 Å². The molecule has 0 radical (unpaired) electrons. The van der Waals surface area contributed by atoms with Gasteiger partial charge in [0.1, 0.15) is 5.75 Å². The second-order valence-electron chi connectivity index (χ2n) is 6.18. The van der Waals surface area contributed by atoms with Crippen LogP contribution in [0.15, 0.2) is 36.4 Å². The third kappa shape index (κ3) is 3.54. The number of fused-ring (bicyclic) bond motifs is 1. The van der Waals surface area contributed by atoms with Crippen molar-refractivity contribution in [3.8, 4) is 5.75 Å². The molecule has 0 unspecified atom stereocenters. The van der Waals surface area contributed by atoms with E-state index in [0.29, 0.717) is 6.42 Å². The first-order chi connectivity index (χ1) is 11.2. The molecule has 1 aliphatic rings. The number of likely N-dealkylation sites (N-methyl/N-ethyl adjacent to an activating group) is 1. The Morgan fingerprint density at radius 2 is 1.74 bits per heavy atom. The Bertz CT molecular complexity index is 691. The van der Waals surface area contributed by atoms with E-state index in [0.717, 1.165) is 54.8 Å². The van der Waals surface area contributed by atoms with E-state index in [4.69, 9.17) is 4.74 Å². The fourth-order valence-corrected chi connectivity index (χ4v) is 3.16. The summed E-state index contributed by atoms with van der Waals surface area (Å²) in [6.45, 7) is 5.10. The maximum atomic E-state index is 12.7. The molecule has 122 valence electrons. The van der Waals surface area contributed by atoms with Crippen molar-refractivity contribution < 1.29 is 9.53 Å². The van der Waals surface area contributed by atoms with Crippen molar-refractivity contribution >= 4 is 16.6 Å². The van der Waals surface area contributed by atoms with Crippen LogP contribution in [0.4, 0.5) is 0 Å². The molecule has 4 nitrogen and oxygen atoms in total. The molecule has 0 atom stereocenters. The predicted octanol–water partition coefficient (Wildman–Crippen LogP) is 2.67. The quantitative estimate of drug-likeness (QED) is 0.795. The number of carbonyl (C=O) groups is 1. The molecule has 1 heterocycles. The molecule has 0 spiro atoms. The van der Waals surface area contributed by atoms with E-state index in [1.807, 2.05) is 36.4 Å². The lowest BCUT2D eigenvalue weighted by Crippen LogP contribution is -2.45. The van der Waals surface area contributed by atoms with E-state index in [1.54, 1.807) is 7.11 Å². The number of rotatable bonds is 5. The summed E-state index contributed by atoms with van der Waals surface area (Å²) in [5.41, 5.74) is 0.801. The standard InChI is InChI=1S/C19H24N2O2/c1-20-11-13-21(14-12-20)10-9-18(22)16-7-8-19(23-2)17-6-4-3-5-15(16)17/h3-8H,9-14H2,1-2H3. The summed E-state index contributed by atoms with van der Waals surface area (Å²) >= 11 is 0. The highest BCUT2D eigenvalue weighted by Crippen LogP contribution is 2.29. The summed E-state index contributed by atoms with van der Waals surface area (Å²) in [6, 6.07) is 11.7. The maximum Gasteiger partial charge on any atom is 0.164 e. The van der Waals surface area contributed by atoms with Crippen molar-refractivity contribution in [2.75, 3.05) is 46.9 Å². The van der Waals surface area contributed by atoms with Crippen molar-refractivity contribution in [1.29, 1.82) is 0 Å². The van der Waals surface area contributed by atoms with Gasteiger partial charge in [-0.3, -0.25) is 4.79 Å². The lowest BCUT2D eigenvalue weighted by atomic mass is 9.99. The van der Waals surface area contributed by atoms with Crippen LogP contribution in [0.5, 0.6) is 5.75 Å². The molecular formula is C19H24N2O2. The molecule has 3 rings (SSSR count). The fraction of sp³-hybridized carbons (Fsp3) is 0.421. The van der Waals surface area contributed by atoms with Gasteiger partial charge in [0.05, 0.1) is 7.11 Å². The lowest BCUT2D eigenvalue weighted by molar-refractivity contribution is 0.0943. The van der Waals surface area contributed by atoms with Crippen LogP contribution in [-0.2, 0) is 0 Å². The van der Waals surface area contributed by atoms with Crippen LogP contribution in [0, 0.1) is 0 Å². The molecule has 0 amide bonds. The zero-order valence-electron chi connectivity index (χ0n) is 13.9. The Labute approximate surface area is 137 Å². The molecule has 0 N–H and O–H groups in total. The highest BCUT2D eigenvalue weighted by molar-refractivity contribution is 6.09. The predicted molar refractivity (Wildman–Crippen MR) is 93.4 cm³/mol. The third-order valence-corrected chi connectivity index (χ3v) is 4.66. The van der Waals surface area contributed by atoms with E-state index in [2.05, 4.69) is 16.8 Å². The SMILES string of the molecule is COc1ccc(C(=O)CCN2CCN(C)CC2)c2ccccc12. The van der Waals surface area contributed by atoms with Crippen LogP contribution in [-0.4, -0.2) is 62.5 Å². The van der Waals surface area contributed by atoms with Crippen molar-refractivity contribution in [3.63, 3.8) is 0 Å². The first-order valence-corrected chi connectivity index (χ1v) is 8.19. The normalized spacial score (nSPS) is 16.6. The first kappa shape index (κ1) is 16.0. The van der Waals surface area contributed by atoms with Gasteiger partial charge in [0.25, 0.3) is 0 Å². The number of carbonyl (C=O) groups excluding carboxylic acids is 1. The highest BCUT2D eigenvalue weighted by Gasteiger charge is 2.17. The molecule has 1 fully saturated rings. The fourth-order valence-electron chi connectivity index (χ4n) is 3.16. The molecule has 0 aromatic heterocycles. The Hall–Kier alpha value is -1.91. The van der Waals surface area contributed by atoms with E-state index in [9.17, 15) is 4.79 Å². The summed E-state index contributed by atoms with van der Waals surface area (Å²) in [7, 11) is 3.81. The molecule has 0 bridgehead atoms. The molecule has 0 aliphatic carbocycles. The second-order valence-corrected chi connectivity index (χ2v) is 6.18. The summed E-state index contributed by atoms with van der Waals surface area (Å²) in [5, 5.41) is 1.98. The van der Waals surface area contributed by atoms with Crippen LogP contribution in [0.3, 0.4) is 0 Å². The Balaban J connectivity index is 1.74. The zero-order valence-corrected chi connectivity index (χ0v) is 13.9. The Kier molecular flexibility index (Phi) is 4.94. The van der Waals surface area contributed by atoms with E-state index in [-0.39, 0.29) is 5.78 Å². The van der Waals surface area contributed by atoms with Crippen LogP contribution >= 0.6 is 0 Å². The van der Waals surface area contributed by atoms with Gasteiger partial charge in [-0.15, -0.1) is 0 Å². The van der Waals surface area contributed by atoms with Gasteiger partial charge in [-0.05, 0) is 24.6 Å². The van der Waals surface area contributed by atoms with Crippen LogP contribution in [0.25, 0.3) is 10.8 Å². The zero-order chi connectivity index (χ0) is 16.2. The Morgan fingerprint density at radius 1 is 1.04 bits per heavy atom. The van der Waals surface area contributed by atoms with Crippen molar-refractivity contribution in [2.24, 2.45) is 0 Å². The van der Waals surface area contributed by atoms with Gasteiger partial charge in [0.2, 0.25) is 0 Å². The van der Waals surface area contributed by atoms with Crippen molar-refractivity contribution in [1.82, 2.24) is 9.80 Å². The van der Waals surface area contributed by atoms with Gasteiger partial charge in [0, 0.05) is 50.1 Å². The van der Waals surface area contributed by atoms with Crippen molar-refractivity contribution in [2.45, 2.75) is 6.42 Å². The molecule has 4 heteroatoms. The largest absolute Gasteiger partial charge is 0.496 e. The molecule has 2 aromatic rings. The number of methoxy groups -OCH3 is 1. The minimum Gasteiger partial charge on any atom is -0.496 e.